The van der Waals surface area contributed by atoms with Crippen LogP contribution in [-0.2, 0) is 9.53 Å². The highest BCUT2D eigenvalue weighted by Crippen LogP contribution is 2.08. The highest BCUT2D eigenvalue weighted by molar-refractivity contribution is 5.88. The minimum absolute atomic E-state index is 0.137. The molecule has 3 nitrogen and oxygen atoms in total. The van der Waals surface area contributed by atoms with E-state index in [0.717, 1.165) is 44.2 Å². The molecule has 0 amide bonds. The van der Waals surface area contributed by atoms with E-state index in [2.05, 4.69) is 0 Å². The Morgan fingerprint density at radius 1 is 1.06 bits per heavy atom. The van der Waals surface area contributed by atoms with Crippen LogP contribution in [0.3, 0.4) is 0 Å². The van der Waals surface area contributed by atoms with Crippen molar-refractivity contribution < 1.29 is 9.53 Å². The molecule has 0 aromatic carbocycles. The Kier molecular flexibility index (Phi) is 12.0. The Morgan fingerprint density at radius 2 is 1.67 bits per heavy atom. The minimum Gasteiger partial charge on any atom is -0.462 e. The second-order valence-electron chi connectivity index (χ2n) is 4.54. The van der Waals surface area contributed by atoms with E-state index >= 15 is 0 Å². The van der Waals surface area contributed by atoms with Crippen molar-refractivity contribution in [3.8, 4) is 0 Å². The van der Waals surface area contributed by atoms with Crippen molar-refractivity contribution in [2.24, 2.45) is 5.73 Å². The average Bonchev–Trinajstić information content (AvgIpc) is 2.38. The van der Waals surface area contributed by atoms with Crippen LogP contribution in [0.1, 0.15) is 65.2 Å². The van der Waals surface area contributed by atoms with Gasteiger partial charge < -0.3 is 10.5 Å². The predicted molar refractivity (Wildman–Crippen MR) is 76.4 cm³/mol. The van der Waals surface area contributed by atoms with Crippen LogP contribution in [0.4, 0.5) is 0 Å². The zero-order chi connectivity index (χ0) is 13.6. The molecular formula is C15H29NO2. The summed E-state index contributed by atoms with van der Waals surface area (Å²) in [6.45, 7) is 5.36. The van der Waals surface area contributed by atoms with Gasteiger partial charge in [0, 0.05) is 5.57 Å². The monoisotopic (exact) mass is 255 g/mol. The number of ether oxygens (including phenoxy) is 1. The third kappa shape index (κ3) is 9.23. The smallest absolute Gasteiger partial charge is 0.333 e. The molecule has 106 valence electrons. The first kappa shape index (κ1) is 17.2. The molecule has 0 aromatic heterocycles. The lowest BCUT2D eigenvalue weighted by Crippen LogP contribution is -2.08. The summed E-state index contributed by atoms with van der Waals surface area (Å²) in [6.07, 6.45) is 10.5. The average molecular weight is 255 g/mol. The van der Waals surface area contributed by atoms with Gasteiger partial charge in [0.05, 0.1) is 6.61 Å². The maximum Gasteiger partial charge on any atom is 0.333 e. The Hall–Kier alpha value is -0.830. The van der Waals surface area contributed by atoms with Gasteiger partial charge in [-0.1, -0.05) is 45.6 Å². The number of hydrogen-bond acceptors (Lipinski definition) is 3. The Balaban J connectivity index is 3.48. The number of allylic oxidation sites excluding steroid dienone is 1. The van der Waals surface area contributed by atoms with Gasteiger partial charge in [-0.3, -0.25) is 0 Å². The summed E-state index contributed by atoms with van der Waals surface area (Å²) in [5, 5.41) is 0. The van der Waals surface area contributed by atoms with E-state index in [1.807, 2.05) is 19.9 Å². The van der Waals surface area contributed by atoms with Gasteiger partial charge in [-0.2, -0.15) is 0 Å². The van der Waals surface area contributed by atoms with Crippen LogP contribution in [0.25, 0.3) is 0 Å². The topological polar surface area (TPSA) is 52.3 Å². The van der Waals surface area contributed by atoms with Crippen LogP contribution in [0.5, 0.6) is 0 Å². The largest absolute Gasteiger partial charge is 0.462 e. The number of rotatable bonds is 11. The number of nitrogens with two attached hydrogens (primary N) is 1. The molecule has 0 bridgehead atoms. The van der Waals surface area contributed by atoms with Gasteiger partial charge in [0.25, 0.3) is 0 Å². The fourth-order valence-corrected chi connectivity index (χ4v) is 1.83. The molecule has 0 rings (SSSR count). The maximum atomic E-state index is 11.6. The first-order valence-electron chi connectivity index (χ1n) is 7.32. The molecule has 0 aliphatic heterocycles. The van der Waals surface area contributed by atoms with Crippen molar-refractivity contribution in [2.75, 3.05) is 13.2 Å². The van der Waals surface area contributed by atoms with Crippen LogP contribution in [0, 0.1) is 0 Å². The molecule has 0 aromatic rings. The van der Waals surface area contributed by atoms with E-state index in [-0.39, 0.29) is 5.97 Å². The van der Waals surface area contributed by atoms with Gasteiger partial charge in [-0.05, 0) is 32.2 Å². The Morgan fingerprint density at radius 3 is 2.22 bits per heavy atom. The second kappa shape index (κ2) is 12.6. The lowest BCUT2D eigenvalue weighted by Gasteiger charge is -2.06. The van der Waals surface area contributed by atoms with Gasteiger partial charge >= 0.3 is 5.97 Å². The van der Waals surface area contributed by atoms with Crippen molar-refractivity contribution >= 4 is 5.97 Å². The van der Waals surface area contributed by atoms with E-state index in [0.29, 0.717) is 6.61 Å². The molecule has 0 fully saturated rings. The summed E-state index contributed by atoms with van der Waals surface area (Å²) >= 11 is 0. The number of carbonyl (C=O) groups is 1. The normalized spacial score (nSPS) is 11.6. The zero-order valence-corrected chi connectivity index (χ0v) is 12.0. The predicted octanol–water partition coefficient (Wildman–Crippen LogP) is 3.58. The summed E-state index contributed by atoms with van der Waals surface area (Å²) < 4.78 is 5.25. The van der Waals surface area contributed by atoms with Crippen molar-refractivity contribution in [1.29, 1.82) is 0 Å². The quantitative estimate of drug-likeness (QED) is 0.349. The van der Waals surface area contributed by atoms with Crippen molar-refractivity contribution in [3.05, 3.63) is 11.6 Å². The molecule has 0 radical (unpaired) electrons. The summed E-state index contributed by atoms with van der Waals surface area (Å²) in [5.41, 5.74) is 6.23. The number of hydrogen-bond donors (Lipinski definition) is 1. The van der Waals surface area contributed by atoms with E-state index < -0.39 is 0 Å². The van der Waals surface area contributed by atoms with Crippen molar-refractivity contribution in [2.45, 2.75) is 65.2 Å². The molecule has 18 heavy (non-hydrogen) atoms. The van der Waals surface area contributed by atoms with E-state index in [1.54, 1.807) is 0 Å². The molecule has 0 saturated carbocycles. The van der Waals surface area contributed by atoms with Gasteiger partial charge in [0.1, 0.15) is 0 Å². The molecule has 0 unspecified atom stereocenters. The van der Waals surface area contributed by atoms with Gasteiger partial charge in [0.15, 0.2) is 0 Å². The fourth-order valence-electron chi connectivity index (χ4n) is 1.83. The molecule has 0 saturated heterocycles. The lowest BCUT2D eigenvalue weighted by atomic mass is 10.1. The van der Waals surface area contributed by atoms with Crippen molar-refractivity contribution in [1.82, 2.24) is 0 Å². The summed E-state index contributed by atoms with van der Waals surface area (Å²) in [6, 6.07) is 0. The second-order valence-corrected chi connectivity index (χ2v) is 4.54. The molecule has 0 atom stereocenters. The molecule has 2 N–H and O–H groups in total. The van der Waals surface area contributed by atoms with Gasteiger partial charge in [-0.15, -0.1) is 0 Å². The van der Waals surface area contributed by atoms with Crippen molar-refractivity contribution in [3.63, 3.8) is 0 Å². The van der Waals surface area contributed by atoms with Crippen LogP contribution in [0.15, 0.2) is 11.6 Å². The van der Waals surface area contributed by atoms with E-state index in [4.69, 9.17) is 10.5 Å². The molecular weight excluding hydrogens is 226 g/mol. The highest BCUT2D eigenvalue weighted by Gasteiger charge is 2.07. The molecule has 0 aliphatic rings. The Labute approximate surface area is 112 Å². The summed E-state index contributed by atoms with van der Waals surface area (Å²) in [7, 11) is 0. The molecule has 0 heterocycles. The fraction of sp³-hybridized carbons (Fsp3) is 0.800. The van der Waals surface area contributed by atoms with Crippen LogP contribution < -0.4 is 5.73 Å². The van der Waals surface area contributed by atoms with Crippen LogP contribution in [0.2, 0.25) is 0 Å². The van der Waals surface area contributed by atoms with Crippen LogP contribution >= 0.6 is 0 Å². The number of esters is 1. The van der Waals surface area contributed by atoms with Crippen LogP contribution in [-0.4, -0.2) is 19.1 Å². The minimum atomic E-state index is -0.137. The Bertz CT molecular complexity index is 237. The summed E-state index contributed by atoms with van der Waals surface area (Å²) in [4.78, 5) is 11.6. The maximum absolute atomic E-state index is 11.6. The third-order valence-corrected chi connectivity index (χ3v) is 2.93. The first-order chi connectivity index (χ1) is 8.76. The lowest BCUT2D eigenvalue weighted by molar-refractivity contribution is -0.139. The standard InChI is InChI=1S/C15H29NO2/c1-3-11-14(4-2)15(17)18-13-10-8-6-5-7-9-12-16/h11H,3-10,12-13,16H2,1-2H3. The summed E-state index contributed by atoms with van der Waals surface area (Å²) in [5.74, 6) is -0.137. The number of carbonyl (C=O) groups excluding carboxylic acids is 1. The molecule has 3 heteroatoms. The molecule has 0 spiro atoms. The van der Waals surface area contributed by atoms with Gasteiger partial charge in [0.2, 0.25) is 0 Å². The highest BCUT2D eigenvalue weighted by atomic mass is 16.5. The van der Waals surface area contributed by atoms with E-state index in [1.165, 1.54) is 19.3 Å². The van der Waals surface area contributed by atoms with Gasteiger partial charge in [-0.25, -0.2) is 4.79 Å². The van der Waals surface area contributed by atoms with E-state index in [9.17, 15) is 4.79 Å². The third-order valence-electron chi connectivity index (χ3n) is 2.93. The zero-order valence-electron chi connectivity index (χ0n) is 12.0. The number of unbranched alkanes of at least 4 members (excludes halogenated alkanes) is 5. The molecule has 0 aliphatic carbocycles. The SMILES string of the molecule is CCC=C(CC)C(=O)OCCCCCCCCN. The first-order valence-corrected chi connectivity index (χ1v) is 7.32.